The first kappa shape index (κ1) is 19.9. The smallest absolute Gasteiger partial charge is 0.360 e. The largest absolute Gasteiger partial charge is 0.465 e. The predicted octanol–water partition coefficient (Wildman–Crippen LogP) is 2.52. The zero-order chi connectivity index (χ0) is 21.5. The number of carbonyl (C=O) groups is 1. The van der Waals surface area contributed by atoms with Gasteiger partial charge in [-0.05, 0) is 35.9 Å². The highest BCUT2D eigenvalue weighted by Crippen LogP contribution is 2.39. The van der Waals surface area contributed by atoms with E-state index in [1.54, 1.807) is 41.0 Å². The maximum Gasteiger partial charge on any atom is 0.360 e. The van der Waals surface area contributed by atoms with Crippen LogP contribution in [0.5, 0.6) is 0 Å². The van der Waals surface area contributed by atoms with Crippen LogP contribution in [-0.2, 0) is 15.8 Å². The van der Waals surface area contributed by atoms with Gasteiger partial charge >= 0.3 is 13.6 Å². The minimum atomic E-state index is -4.60. The van der Waals surface area contributed by atoms with Crippen molar-refractivity contribution in [3.05, 3.63) is 65.9 Å². The highest BCUT2D eigenvalue weighted by molar-refractivity contribution is 7.60. The van der Waals surface area contributed by atoms with Gasteiger partial charge < -0.3 is 29.2 Å². The molecule has 10 heteroatoms. The Balaban J connectivity index is 1.91. The summed E-state index contributed by atoms with van der Waals surface area (Å²) in [5.41, 5.74) is 8.76. The molecule has 2 heterocycles. The second-order valence-corrected chi connectivity index (χ2v) is 8.18. The van der Waals surface area contributed by atoms with E-state index in [0.29, 0.717) is 22.3 Å². The summed E-state index contributed by atoms with van der Waals surface area (Å²) in [6.07, 6.45) is 1.20. The summed E-state index contributed by atoms with van der Waals surface area (Å²) in [5.74, 6) is -0.288. The first-order valence-corrected chi connectivity index (χ1v) is 10.5. The lowest BCUT2D eigenvalue weighted by molar-refractivity contribution is 0.0600. The van der Waals surface area contributed by atoms with Crippen LogP contribution in [0.2, 0.25) is 0 Å². The van der Waals surface area contributed by atoms with Gasteiger partial charge in [0.1, 0.15) is 10.8 Å². The van der Waals surface area contributed by atoms with Crippen molar-refractivity contribution in [3.8, 4) is 11.6 Å². The number of nitrogens with zero attached hydrogens (tertiary/aromatic N) is 2. The maximum atomic E-state index is 11.9. The summed E-state index contributed by atoms with van der Waals surface area (Å²) in [6.45, 7) is 0.251. The van der Waals surface area contributed by atoms with Crippen molar-refractivity contribution in [2.24, 2.45) is 0 Å². The third kappa shape index (κ3) is 3.50. The van der Waals surface area contributed by atoms with Crippen LogP contribution in [-0.4, -0.2) is 32.4 Å². The molecular weight excluding hydrogens is 409 g/mol. The minimum Gasteiger partial charge on any atom is -0.465 e. The number of hydrogen-bond donors (Lipinski definition) is 3. The standard InChI is InChI=1S/C20H18N3O6P/c1-28-20(24)13-5-2-4-12(10-13)11-23-15-7-3-6-14(21)17(15)22-19(23)18-16(8-9-29-18)30(25,26)27/h2-10H,11,21H2,1H3,(H2,25,26,27). The molecule has 0 aliphatic heterocycles. The van der Waals surface area contributed by atoms with Crippen molar-refractivity contribution in [3.63, 3.8) is 0 Å². The number of ether oxygens (including phenoxy) is 1. The van der Waals surface area contributed by atoms with Gasteiger partial charge in [0.15, 0.2) is 11.6 Å². The predicted molar refractivity (Wildman–Crippen MR) is 110 cm³/mol. The lowest BCUT2D eigenvalue weighted by Crippen LogP contribution is -2.09. The molecule has 4 rings (SSSR count). The van der Waals surface area contributed by atoms with Crippen molar-refractivity contribution in [2.75, 3.05) is 12.8 Å². The van der Waals surface area contributed by atoms with Crippen LogP contribution in [0.3, 0.4) is 0 Å². The molecule has 0 unspecified atom stereocenters. The Morgan fingerprint density at radius 3 is 2.73 bits per heavy atom. The van der Waals surface area contributed by atoms with E-state index in [-0.39, 0.29) is 23.4 Å². The van der Waals surface area contributed by atoms with Gasteiger partial charge in [-0.25, -0.2) is 9.78 Å². The van der Waals surface area contributed by atoms with E-state index < -0.39 is 13.6 Å². The number of carbonyl (C=O) groups excluding carboxylic acids is 1. The molecule has 0 saturated heterocycles. The zero-order valence-corrected chi connectivity index (χ0v) is 16.7. The van der Waals surface area contributed by atoms with Gasteiger partial charge in [-0.15, -0.1) is 0 Å². The second-order valence-electron chi connectivity index (χ2n) is 6.61. The number of anilines is 1. The van der Waals surface area contributed by atoms with Gasteiger partial charge in [0, 0.05) is 6.54 Å². The lowest BCUT2D eigenvalue weighted by atomic mass is 10.1. The number of fused-ring (bicyclic) bond motifs is 1. The van der Waals surface area contributed by atoms with Crippen LogP contribution < -0.4 is 11.0 Å². The highest BCUT2D eigenvalue weighted by Gasteiger charge is 2.29. The molecule has 0 aliphatic rings. The molecule has 0 atom stereocenters. The van der Waals surface area contributed by atoms with E-state index in [4.69, 9.17) is 14.9 Å². The summed E-state index contributed by atoms with van der Waals surface area (Å²) >= 11 is 0. The average molecular weight is 427 g/mol. The fraction of sp³-hybridized carbons (Fsp3) is 0.100. The Hall–Kier alpha value is -3.39. The molecule has 0 bridgehead atoms. The number of para-hydroxylation sites is 1. The van der Waals surface area contributed by atoms with Crippen LogP contribution in [0.15, 0.2) is 59.2 Å². The lowest BCUT2D eigenvalue weighted by Gasteiger charge is -2.11. The van der Waals surface area contributed by atoms with Gasteiger partial charge in [-0.1, -0.05) is 18.2 Å². The number of esters is 1. The highest BCUT2D eigenvalue weighted by atomic mass is 31.2. The molecular formula is C20H18N3O6P. The molecule has 0 radical (unpaired) electrons. The van der Waals surface area contributed by atoms with Crippen LogP contribution in [0.25, 0.3) is 22.6 Å². The summed E-state index contributed by atoms with van der Waals surface area (Å²) < 4.78 is 23.8. The Kier molecular flexibility index (Phi) is 4.95. The molecule has 0 fully saturated rings. The van der Waals surface area contributed by atoms with E-state index in [9.17, 15) is 19.1 Å². The Bertz CT molecular complexity index is 1300. The molecule has 2 aromatic heterocycles. The van der Waals surface area contributed by atoms with E-state index >= 15 is 0 Å². The van der Waals surface area contributed by atoms with E-state index in [0.717, 1.165) is 5.56 Å². The summed E-state index contributed by atoms with van der Waals surface area (Å²) in [6, 6.07) is 13.3. The number of methoxy groups -OCH3 is 1. The number of furan rings is 1. The van der Waals surface area contributed by atoms with Crippen molar-refractivity contribution < 1.29 is 28.3 Å². The van der Waals surface area contributed by atoms with Gasteiger partial charge in [-0.3, -0.25) is 4.57 Å². The number of nitrogen functional groups attached to an aromatic ring is 1. The van der Waals surface area contributed by atoms with Crippen LogP contribution in [0.4, 0.5) is 5.69 Å². The third-order valence-electron chi connectivity index (χ3n) is 4.66. The van der Waals surface area contributed by atoms with Crippen molar-refractivity contribution in [1.82, 2.24) is 9.55 Å². The first-order chi connectivity index (χ1) is 14.3. The maximum absolute atomic E-state index is 11.9. The first-order valence-electron chi connectivity index (χ1n) is 8.85. The average Bonchev–Trinajstić information content (AvgIpc) is 3.33. The van der Waals surface area contributed by atoms with Gasteiger partial charge in [0.05, 0.1) is 30.1 Å². The molecule has 0 spiro atoms. The normalized spacial score (nSPS) is 11.7. The van der Waals surface area contributed by atoms with E-state index in [1.165, 1.54) is 19.4 Å². The van der Waals surface area contributed by atoms with Crippen molar-refractivity contribution >= 4 is 35.6 Å². The number of aromatic nitrogens is 2. The van der Waals surface area contributed by atoms with E-state index in [1.807, 2.05) is 6.07 Å². The molecule has 0 aliphatic carbocycles. The number of nitrogens with two attached hydrogens (primary N) is 1. The zero-order valence-electron chi connectivity index (χ0n) is 15.8. The van der Waals surface area contributed by atoms with Crippen LogP contribution in [0, 0.1) is 0 Å². The quantitative estimate of drug-likeness (QED) is 0.251. The van der Waals surface area contributed by atoms with Crippen molar-refractivity contribution in [1.29, 1.82) is 0 Å². The van der Waals surface area contributed by atoms with Crippen LogP contribution in [0.1, 0.15) is 15.9 Å². The summed E-state index contributed by atoms with van der Waals surface area (Å²) in [4.78, 5) is 35.8. The molecule has 0 saturated carbocycles. The van der Waals surface area contributed by atoms with Gasteiger partial charge in [0.25, 0.3) is 0 Å². The SMILES string of the molecule is COC(=O)c1cccc(Cn2c(-c3occc3P(=O)(O)O)nc3c(N)cccc32)c1. The number of rotatable bonds is 5. The molecule has 9 nitrogen and oxygen atoms in total. The summed E-state index contributed by atoms with van der Waals surface area (Å²) in [7, 11) is -3.29. The number of imidazole rings is 1. The molecule has 4 aromatic rings. The number of benzene rings is 2. The molecule has 2 aromatic carbocycles. The Labute approximate surface area is 170 Å². The molecule has 154 valence electrons. The minimum absolute atomic E-state index is 0.0388. The molecule has 0 amide bonds. The Morgan fingerprint density at radius 2 is 2.00 bits per heavy atom. The Morgan fingerprint density at radius 1 is 1.23 bits per heavy atom. The number of hydrogen-bond acceptors (Lipinski definition) is 6. The van der Waals surface area contributed by atoms with Gasteiger partial charge in [-0.2, -0.15) is 0 Å². The molecule has 4 N–H and O–H groups in total. The fourth-order valence-electron chi connectivity index (χ4n) is 3.30. The monoisotopic (exact) mass is 427 g/mol. The fourth-order valence-corrected chi connectivity index (χ4v) is 3.97. The van der Waals surface area contributed by atoms with Crippen LogP contribution >= 0.6 is 7.60 Å². The van der Waals surface area contributed by atoms with Crippen molar-refractivity contribution in [2.45, 2.75) is 6.54 Å². The third-order valence-corrected chi connectivity index (χ3v) is 5.64. The van der Waals surface area contributed by atoms with E-state index in [2.05, 4.69) is 4.98 Å². The molecule has 30 heavy (non-hydrogen) atoms. The topological polar surface area (TPSA) is 141 Å². The summed E-state index contributed by atoms with van der Waals surface area (Å²) in [5, 5.41) is -0.263. The second kappa shape index (κ2) is 7.46. The van der Waals surface area contributed by atoms with Gasteiger partial charge in [0.2, 0.25) is 0 Å².